The average Bonchev–Trinajstić information content (AvgIpc) is 3.15. The summed E-state index contributed by atoms with van der Waals surface area (Å²) in [6.07, 6.45) is 2.20. The standard InChI is InChI=1S/C22H28N6O5S/c1-4-6-19-23-15(3)20-22(30)24-21(25-28(19)20)17-13-16(7-8-18(17)33-5-2)34(31,32)27-11-9-26(14-29)10-12-27/h7-8,13-14H,4-6,9-12H2,1-3H3,(H,24,25,30). The lowest BCUT2D eigenvalue weighted by molar-refractivity contribution is -0.119. The lowest BCUT2D eigenvalue weighted by atomic mass is 10.2. The van der Waals surface area contributed by atoms with Gasteiger partial charge in [0.15, 0.2) is 11.3 Å². The first-order valence-corrected chi connectivity index (χ1v) is 12.7. The van der Waals surface area contributed by atoms with Crippen molar-refractivity contribution >= 4 is 22.0 Å². The highest BCUT2D eigenvalue weighted by Gasteiger charge is 2.29. The third kappa shape index (κ3) is 4.30. The number of benzene rings is 1. The lowest BCUT2D eigenvalue weighted by Crippen LogP contribution is -2.47. The first-order valence-electron chi connectivity index (χ1n) is 11.2. The van der Waals surface area contributed by atoms with Gasteiger partial charge in [-0.05, 0) is 38.5 Å². The fraction of sp³-hybridized carbons (Fsp3) is 0.455. The minimum atomic E-state index is -3.82. The molecule has 1 N–H and O–H groups in total. The van der Waals surface area contributed by atoms with Crippen molar-refractivity contribution in [2.45, 2.75) is 38.5 Å². The first-order chi connectivity index (χ1) is 16.3. The smallest absolute Gasteiger partial charge is 0.277 e. The van der Waals surface area contributed by atoms with E-state index in [1.54, 1.807) is 17.9 Å². The Morgan fingerprint density at radius 3 is 2.56 bits per heavy atom. The van der Waals surface area contributed by atoms with Gasteiger partial charge in [-0.15, -0.1) is 5.10 Å². The highest BCUT2D eigenvalue weighted by atomic mass is 32.2. The summed E-state index contributed by atoms with van der Waals surface area (Å²) >= 11 is 0. The second kappa shape index (κ2) is 9.55. The number of aromatic nitrogens is 4. The largest absolute Gasteiger partial charge is 0.493 e. The van der Waals surface area contributed by atoms with E-state index < -0.39 is 10.0 Å². The number of hydrogen-bond donors (Lipinski definition) is 1. The van der Waals surface area contributed by atoms with E-state index in [-0.39, 0.29) is 29.4 Å². The van der Waals surface area contributed by atoms with E-state index in [9.17, 15) is 18.0 Å². The topological polar surface area (TPSA) is 130 Å². The lowest BCUT2D eigenvalue weighted by Gasteiger charge is -2.31. The molecule has 0 bridgehead atoms. The Morgan fingerprint density at radius 1 is 1.18 bits per heavy atom. The quantitative estimate of drug-likeness (QED) is 0.472. The average molecular weight is 489 g/mol. The Balaban J connectivity index is 1.82. The van der Waals surface area contributed by atoms with Crippen LogP contribution in [0.3, 0.4) is 0 Å². The Kier molecular flexibility index (Phi) is 6.71. The van der Waals surface area contributed by atoms with Crippen molar-refractivity contribution in [3.8, 4) is 17.1 Å². The maximum absolute atomic E-state index is 13.3. The molecule has 1 aliphatic heterocycles. The number of rotatable bonds is 8. The van der Waals surface area contributed by atoms with Gasteiger partial charge in [0.2, 0.25) is 16.4 Å². The van der Waals surface area contributed by atoms with Gasteiger partial charge in [0.05, 0.1) is 22.8 Å². The third-order valence-corrected chi connectivity index (χ3v) is 7.68. The molecule has 12 heteroatoms. The number of carbonyl (C=O) groups excluding carboxylic acids is 1. The molecule has 0 atom stereocenters. The van der Waals surface area contributed by atoms with E-state index in [4.69, 9.17) is 4.74 Å². The van der Waals surface area contributed by atoms with Crippen molar-refractivity contribution in [3.63, 3.8) is 0 Å². The second-order valence-corrected chi connectivity index (χ2v) is 10.0. The van der Waals surface area contributed by atoms with E-state index in [1.165, 1.54) is 21.0 Å². The number of aromatic amines is 1. The van der Waals surface area contributed by atoms with Crippen molar-refractivity contribution in [1.29, 1.82) is 0 Å². The number of amides is 1. The molecule has 0 unspecified atom stereocenters. The van der Waals surface area contributed by atoms with Crippen molar-refractivity contribution < 1.29 is 17.9 Å². The van der Waals surface area contributed by atoms with Crippen LogP contribution in [-0.2, 0) is 21.2 Å². The summed E-state index contributed by atoms with van der Waals surface area (Å²) in [5.74, 6) is 1.26. The van der Waals surface area contributed by atoms with Crippen LogP contribution in [0, 0.1) is 6.92 Å². The summed E-state index contributed by atoms with van der Waals surface area (Å²) in [4.78, 5) is 32.7. The van der Waals surface area contributed by atoms with Crippen LogP contribution >= 0.6 is 0 Å². The van der Waals surface area contributed by atoms with Crippen LogP contribution in [-0.4, -0.2) is 76.4 Å². The molecule has 1 fully saturated rings. The maximum atomic E-state index is 13.3. The monoisotopic (exact) mass is 488 g/mol. The zero-order chi connectivity index (χ0) is 24.5. The van der Waals surface area contributed by atoms with Gasteiger partial charge in [-0.3, -0.25) is 9.59 Å². The number of H-pyrrole nitrogens is 1. The van der Waals surface area contributed by atoms with Gasteiger partial charge in [0.25, 0.3) is 5.56 Å². The fourth-order valence-corrected chi connectivity index (χ4v) is 5.53. The predicted octanol–water partition coefficient (Wildman–Crippen LogP) is 1.21. The van der Waals surface area contributed by atoms with Crippen LogP contribution in [0.15, 0.2) is 27.9 Å². The van der Waals surface area contributed by atoms with E-state index in [2.05, 4.69) is 15.1 Å². The maximum Gasteiger partial charge on any atom is 0.277 e. The van der Waals surface area contributed by atoms with E-state index in [1.807, 2.05) is 13.8 Å². The number of imidazole rings is 1. The summed E-state index contributed by atoms with van der Waals surface area (Å²) < 4.78 is 35.3. The van der Waals surface area contributed by atoms with Crippen molar-refractivity contribution in [3.05, 3.63) is 40.1 Å². The molecule has 0 spiro atoms. The van der Waals surface area contributed by atoms with Crippen LogP contribution in [0.5, 0.6) is 5.75 Å². The van der Waals surface area contributed by atoms with Crippen LogP contribution in [0.1, 0.15) is 31.8 Å². The van der Waals surface area contributed by atoms with E-state index in [0.717, 1.165) is 12.8 Å². The van der Waals surface area contributed by atoms with E-state index in [0.29, 0.717) is 54.5 Å². The highest BCUT2D eigenvalue weighted by Crippen LogP contribution is 2.31. The second-order valence-electron chi connectivity index (χ2n) is 8.06. The van der Waals surface area contributed by atoms with Gasteiger partial charge < -0.3 is 14.6 Å². The summed E-state index contributed by atoms with van der Waals surface area (Å²) in [5.41, 5.74) is 0.946. The molecule has 1 amide bonds. The molecule has 4 rings (SSSR count). The van der Waals surface area contributed by atoms with Gasteiger partial charge in [-0.1, -0.05) is 6.92 Å². The number of piperazine rings is 1. The molecule has 182 valence electrons. The van der Waals surface area contributed by atoms with Gasteiger partial charge in [-0.25, -0.2) is 17.9 Å². The summed E-state index contributed by atoms with van der Waals surface area (Å²) in [6.45, 7) is 7.02. The molecular weight excluding hydrogens is 460 g/mol. The van der Waals surface area contributed by atoms with Gasteiger partial charge >= 0.3 is 0 Å². The number of hydrogen-bond acceptors (Lipinski definition) is 7. The van der Waals surface area contributed by atoms with Crippen LogP contribution in [0.4, 0.5) is 0 Å². The molecule has 0 radical (unpaired) electrons. The Bertz CT molecular complexity index is 1370. The predicted molar refractivity (Wildman–Crippen MR) is 125 cm³/mol. The molecule has 3 heterocycles. The molecule has 0 aliphatic carbocycles. The number of fused-ring (bicyclic) bond motifs is 1. The fourth-order valence-electron chi connectivity index (χ4n) is 4.08. The summed E-state index contributed by atoms with van der Waals surface area (Å²) in [7, 11) is -3.82. The molecule has 1 aliphatic rings. The zero-order valence-electron chi connectivity index (χ0n) is 19.4. The van der Waals surface area contributed by atoms with Crippen LogP contribution in [0.2, 0.25) is 0 Å². The third-order valence-electron chi connectivity index (χ3n) is 5.78. The molecule has 1 saturated heterocycles. The first kappa shape index (κ1) is 23.9. The molecule has 1 aromatic carbocycles. The molecule has 0 saturated carbocycles. The van der Waals surface area contributed by atoms with E-state index >= 15 is 0 Å². The van der Waals surface area contributed by atoms with Crippen molar-refractivity contribution in [2.24, 2.45) is 0 Å². The SMILES string of the molecule is CCCc1nc(C)c2c(=O)[nH]c(-c3cc(S(=O)(=O)N4CCN(C=O)CC4)ccc3OCC)nn12. The zero-order valence-corrected chi connectivity index (χ0v) is 20.3. The number of ether oxygens (including phenoxy) is 1. The van der Waals surface area contributed by atoms with Gasteiger partial charge in [0, 0.05) is 32.6 Å². The molecule has 34 heavy (non-hydrogen) atoms. The molecule has 11 nitrogen and oxygen atoms in total. The summed E-state index contributed by atoms with van der Waals surface area (Å²) in [5, 5.41) is 4.61. The normalized spacial score (nSPS) is 15.1. The molecule has 2 aromatic heterocycles. The minimum Gasteiger partial charge on any atom is -0.493 e. The summed E-state index contributed by atoms with van der Waals surface area (Å²) in [6, 6.07) is 4.53. The van der Waals surface area contributed by atoms with Crippen molar-refractivity contribution in [2.75, 3.05) is 32.8 Å². The minimum absolute atomic E-state index is 0.0591. The Morgan fingerprint density at radius 2 is 1.91 bits per heavy atom. The number of nitrogens with zero attached hydrogens (tertiary/aromatic N) is 5. The van der Waals surface area contributed by atoms with Gasteiger partial charge in [-0.2, -0.15) is 4.31 Å². The van der Waals surface area contributed by atoms with Crippen molar-refractivity contribution in [1.82, 2.24) is 28.8 Å². The number of carbonyl (C=O) groups is 1. The number of sulfonamides is 1. The number of aryl methyl sites for hydroxylation is 2. The Labute approximate surface area is 197 Å². The number of nitrogens with one attached hydrogen (secondary N) is 1. The highest BCUT2D eigenvalue weighted by molar-refractivity contribution is 7.89. The molecular formula is C22H28N6O5S. The van der Waals surface area contributed by atoms with Crippen LogP contribution < -0.4 is 10.3 Å². The Hall–Kier alpha value is -3.25. The van der Waals surface area contributed by atoms with Gasteiger partial charge in [0.1, 0.15) is 11.6 Å². The van der Waals surface area contributed by atoms with Crippen LogP contribution in [0.25, 0.3) is 16.9 Å². The molecule has 3 aromatic rings.